The van der Waals surface area contributed by atoms with E-state index in [1.807, 2.05) is 0 Å². The second kappa shape index (κ2) is 10.1. The molecular weight excluding hydrogens is 466 g/mol. The molecule has 1 fully saturated rings. The van der Waals surface area contributed by atoms with E-state index in [-0.39, 0.29) is 20.7 Å². The van der Waals surface area contributed by atoms with Crippen LogP contribution >= 0.6 is 23.8 Å². The van der Waals surface area contributed by atoms with Gasteiger partial charge in [0.05, 0.1) is 29.2 Å². The van der Waals surface area contributed by atoms with Crippen molar-refractivity contribution in [3.63, 3.8) is 0 Å². The van der Waals surface area contributed by atoms with Gasteiger partial charge < -0.3 is 10.1 Å². The third-order valence-electron chi connectivity index (χ3n) is 4.27. The Bertz CT molecular complexity index is 1100. The summed E-state index contributed by atoms with van der Waals surface area (Å²) in [6, 6.07) is 10.4. The zero-order valence-corrected chi connectivity index (χ0v) is 18.4. The monoisotopic (exact) mass is 483 g/mol. The standard InChI is InChI=1S/C18H18ClN5O5S2/c19-16-6-1-13(11-17(16)24(25)26)12-20-22-18(30)21-14-2-4-15(5-3-14)31(27,28)23-7-9-29-10-8-23/h1-6,11-12H,7-10H2,(H2,21,22,30)/b20-12+. The van der Waals surface area contributed by atoms with Crippen LogP contribution in [0, 0.1) is 10.1 Å². The fraction of sp³-hybridized carbons (Fsp3) is 0.222. The van der Waals surface area contributed by atoms with Crippen LogP contribution in [0.15, 0.2) is 52.5 Å². The number of ether oxygens (including phenoxy) is 1. The third kappa shape index (κ3) is 5.95. The molecule has 0 amide bonds. The number of hydrogen-bond donors (Lipinski definition) is 2. The van der Waals surface area contributed by atoms with Gasteiger partial charge in [0.1, 0.15) is 5.02 Å². The molecule has 2 N–H and O–H groups in total. The van der Waals surface area contributed by atoms with Gasteiger partial charge in [-0.25, -0.2) is 8.42 Å². The Morgan fingerprint density at radius 3 is 2.55 bits per heavy atom. The van der Waals surface area contributed by atoms with Crippen molar-refractivity contribution in [1.29, 1.82) is 0 Å². The molecule has 1 saturated heterocycles. The molecule has 0 aliphatic carbocycles. The maximum Gasteiger partial charge on any atom is 0.288 e. The summed E-state index contributed by atoms with van der Waals surface area (Å²) in [5, 5.41) is 17.9. The molecule has 2 aromatic carbocycles. The van der Waals surface area contributed by atoms with Crippen LogP contribution < -0.4 is 10.7 Å². The van der Waals surface area contributed by atoms with E-state index < -0.39 is 14.9 Å². The summed E-state index contributed by atoms with van der Waals surface area (Å²) in [7, 11) is -3.57. The van der Waals surface area contributed by atoms with Gasteiger partial charge in [0.2, 0.25) is 10.0 Å². The van der Waals surface area contributed by atoms with Crippen molar-refractivity contribution in [2.24, 2.45) is 5.10 Å². The van der Waals surface area contributed by atoms with Crippen molar-refractivity contribution in [1.82, 2.24) is 9.73 Å². The Kier molecular flexibility index (Phi) is 7.51. The van der Waals surface area contributed by atoms with Gasteiger partial charge in [0, 0.05) is 30.4 Å². The van der Waals surface area contributed by atoms with E-state index in [1.54, 1.807) is 18.2 Å². The van der Waals surface area contributed by atoms with Gasteiger partial charge in [-0.3, -0.25) is 15.5 Å². The molecule has 31 heavy (non-hydrogen) atoms. The van der Waals surface area contributed by atoms with E-state index in [0.29, 0.717) is 37.6 Å². The first-order chi connectivity index (χ1) is 14.8. The fourth-order valence-corrected chi connectivity index (χ4v) is 4.49. The number of thiocarbonyl (C=S) groups is 1. The van der Waals surface area contributed by atoms with Gasteiger partial charge in [0.15, 0.2) is 5.11 Å². The van der Waals surface area contributed by atoms with Crippen molar-refractivity contribution in [3.8, 4) is 0 Å². The SMILES string of the molecule is O=[N+]([O-])c1cc(/C=N/NC(=S)Nc2ccc(S(=O)(=O)N3CCOCC3)cc2)ccc1Cl. The molecule has 0 radical (unpaired) electrons. The molecule has 1 aliphatic rings. The predicted molar refractivity (Wildman–Crippen MR) is 121 cm³/mol. The minimum absolute atomic E-state index is 0.0337. The molecule has 0 saturated carbocycles. The van der Waals surface area contributed by atoms with Crippen LogP contribution in [-0.4, -0.2) is 55.3 Å². The lowest BCUT2D eigenvalue weighted by Gasteiger charge is -2.26. The van der Waals surface area contributed by atoms with Crippen molar-refractivity contribution in [2.45, 2.75) is 4.90 Å². The van der Waals surface area contributed by atoms with E-state index in [4.69, 9.17) is 28.6 Å². The minimum atomic E-state index is -3.57. The number of hydrogen-bond acceptors (Lipinski definition) is 7. The van der Waals surface area contributed by atoms with Crippen LogP contribution in [-0.2, 0) is 14.8 Å². The van der Waals surface area contributed by atoms with Crippen LogP contribution in [0.1, 0.15) is 5.56 Å². The number of nitro benzene ring substituents is 1. The topological polar surface area (TPSA) is 126 Å². The lowest BCUT2D eigenvalue weighted by Crippen LogP contribution is -2.40. The van der Waals surface area contributed by atoms with Crippen LogP contribution in [0.4, 0.5) is 11.4 Å². The quantitative estimate of drug-likeness (QED) is 0.278. The van der Waals surface area contributed by atoms with E-state index in [0.717, 1.165) is 0 Å². The smallest absolute Gasteiger partial charge is 0.288 e. The van der Waals surface area contributed by atoms with Gasteiger partial charge >= 0.3 is 0 Å². The molecule has 13 heteroatoms. The molecule has 10 nitrogen and oxygen atoms in total. The third-order valence-corrected chi connectivity index (χ3v) is 6.69. The Labute approximate surface area is 189 Å². The Morgan fingerprint density at radius 1 is 1.23 bits per heavy atom. The number of anilines is 1. The molecule has 2 aromatic rings. The first kappa shape index (κ1) is 23.0. The van der Waals surface area contributed by atoms with Gasteiger partial charge in [-0.15, -0.1) is 0 Å². The Morgan fingerprint density at radius 2 is 1.90 bits per heavy atom. The van der Waals surface area contributed by atoms with Crippen molar-refractivity contribution < 1.29 is 18.1 Å². The number of benzene rings is 2. The summed E-state index contributed by atoms with van der Waals surface area (Å²) in [6.45, 7) is 1.40. The summed E-state index contributed by atoms with van der Waals surface area (Å²) in [5.74, 6) is 0. The number of sulfonamides is 1. The highest BCUT2D eigenvalue weighted by atomic mass is 35.5. The largest absolute Gasteiger partial charge is 0.379 e. The van der Waals surface area contributed by atoms with E-state index >= 15 is 0 Å². The molecule has 0 aromatic heterocycles. The summed E-state index contributed by atoms with van der Waals surface area (Å²) >= 11 is 10.9. The summed E-state index contributed by atoms with van der Waals surface area (Å²) in [5.41, 5.74) is 3.39. The average Bonchev–Trinajstić information content (AvgIpc) is 2.75. The molecule has 0 bridgehead atoms. The molecule has 0 unspecified atom stereocenters. The number of morpholine rings is 1. The first-order valence-electron chi connectivity index (χ1n) is 8.99. The number of rotatable bonds is 6. The van der Waals surface area contributed by atoms with Crippen molar-refractivity contribution in [3.05, 3.63) is 63.2 Å². The zero-order chi connectivity index (χ0) is 22.4. The molecule has 0 spiro atoms. The number of halogens is 1. The summed E-state index contributed by atoms with van der Waals surface area (Å²) in [6.07, 6.45) is 1.36. The van der Waals surface area contributed by atoms with Gasteiger partial charge in [0.25, 0.3) is 5.69 Å². The molecular formula is C18H18ClN5O5S2. The molecule has 1 heterocycles. The zero-order valence-electron chi connectivity index (χ0n) is 16.0. The van der Waals surface area contributed by atoms with Crippen LogP contribution in [0.5, 0.6) is 0 Å². The predicted octanol–water partition coefficient (Wildman–Crippen LogP) is 2.59. The van der Waals surface area contributed by atoms with Crippen LogP contribution in [0.2, 0.25) is 5.02 Å². The van der Waals surface area contributed by atoms with Gasteiger partial charge in [-0.05, 0) is 42.5 Å². The first-order valence-corrected chi connectivity index (χ1v) is 11.2. The Balaban J connectivity index is 1.58. The molecule has 3 rings (SSSR count). The van der Waals surface area contributed by atoms with Gasteiger partial charge in [-0.1, -0.05) is 17.7 Å². The molecule has 1 aliphatic heterocycles. The maximum atomic E-state index is 12.6. The Hall–Kier alpha value is -2.64. The highest BCUT2D eigenvalue weighted by Gasteiger charge is 2.26. The van der Waals surface area contributed by atoms with Crippen molar-refractivity contribution >= 4 is 56.5 Å². The fourth-order valence-electron chi connectivity index (χ4n) is 2.72. The van der Waals surface area contributed by atoms with Gasteiger partial charge in [-0.2, -0.15) is 9.41 Å². The molecule has 164 valence electrons. The number of nitro groups is 1. The van der Waals surface area contributed by atoms with Crippen LogP contribution in [0.25, 0.3) is 0 Å². The minimum Gasteiger partial charge on any atom is -0.379 e. The second-order valence-electron chi connectivity index (χ2n) is 6.33. The molecule has 0 atom stereocenters. The summed E-state index contributed by atoms with van der Waals surface area (Å²) < 4.78 is 31.8. The lowest BCUT2D eigenvalue weighted by molar-refractivity contribution is -0.384. The number of hydrazone groups is 1. The number of nitrogens with one attached hydrogen (secondary N) is 2. The lowest BCUT2D eigenvalue weighted by atomic mass is 10.2. The van der Waals surface area contributed by atoms with Crippen molar-refractivity contribution in [2.75, 3.05) is 31.6 Å². The number of nitrogens with zero attached hydrogens (tertiary/aromatic N) is 3. The summed E-state index contributed by atoms with van der Waals surface area (Å²) in [4.78, 5) is 10.5. The normalized spacial score (nSPS) is 15.0. The average molecular weight is 484 g/mol. The van der Waals surface area contributed by atoms with E-state index in [1.165, 1.54) is 34.8 Å². The van der Waals surface area contributed by atoms with Crippen LogP contribution in [0.3, 0.4) is 0 Å². The highest BCUT2D eigenvalue weighted by molar-refractivity contribution is 7.89. The van der Waals surface area contributed by atoms with E-state index in [2.05, 4.69) is 15.8 Å². The highest BCUT2D eigenvalue weighted by Crippen LogP contribution is 2.24. The van der Waals surface area contributed by atoms with E-state index in [9.17, 15) is 18.5 Å². The maximum absolute atomic E-state index is 12.6. The second-order valence-corrected chi connectivity index (χ2v) is 9.09.